The number of nitrogens with one attached hydrogen (secondary N) is 2. The number of fused-ring (bicyclic) bond motifs is 3. The number of likely N-dealkylation sites (tertiary alicyclic amines) is 2. The minimum absolute atomic E-state index is 0.0316. The highest BCUT2D eigenvalue weighted by Crippen LogP contribution is 2.41. The Kier molecular flexibility index (Phi) is 17.6. The molecule has 0 radical (unpaired) electrons. The largest absolute Gasteiger partial charge is 0.508 e. The lowest BCUT2D eigenvalue weighted by Gasteiger charge is -2.38. The van der Waals surface area contributed by atoms with Crippen LogP contribution in [0.4, 0.5) is 11.5 Å². The van der Waals surface area contributed by atoms with E-state index in [-0.39, 0.29) is 53.6 Å². The number of piperidine rings is 1. The van der Waals surface area contributed by atoms with Gasteiger partial charge in [0, 0.05) is 99.4 Å². The second-order valence-corrected chi connectivity index (χ2v) is 23.6. The van der Waals surface area contributed by atoms with Gasteiger partial charge in [0.15, 0.2) is 0 Å². The maximum Gasteiger partial charge on any atom is 0.318 e. The number of carbonyl (C=O) groups excluding carboxylic acids is 3. The van der Waals surface area contributed by atoms with Crippen LogP contribution in [-0.2, 0) is 32.1 Å². The molecule has 4 atom stereocenters. The van der Waals surface area contributed by atoms with E-state index in [1.807, 2.05) is 53.1 Å². The van der Waals surface area contributed by atoms with E-state index in [9.17, 15) is 19.5 Å². The SMILES string of the molecule is C=CC(=O)N1CCN(c2nc(OC(C)CN3CCC(OCCOc4ccc5ccccc5c4-c4csc(C5CCN(C(=O)[C@@H](NC(=O)C(C)NC)C6CCCCC6)C5)n4)CC3)nc3c2CCN(c2cc(O)cc4ccccc24)C3)CC1. The summed E-state index contributed by atoms with van der Waals surface area (Å²) in [5.74, 6) is 1.97. The zero-order valence-corrected chi connectivity index (χ0v) is 48.0. The van der Waals surface area contributed by atoms with Crippen LogP contribution in [0.25, 0.3) is 32.8 Å². The van der Waals surface area contributed by atoms with E-state index >= 15 is 0 Å². The summed E-state index contributed by atoms with van der Waals surface area (Å²) in [6.07, 6.45) is 9.92. The molecule has 3 unspecified atom stereocenters. The number of hydrogen-bond donors (Lipinski definition) is 3. The quantitative estimate of drug-likeness (QED) is 0.0521. The first-order valence-electron chi connectivity index (χ1n) is 29.4. The number of amides is 3. The fraction of sp³-hybridized carbons (Fsp3) is 0.492. The number of aromatic nitrogens is 3. The number of aromatic hydroxyl groups is 1. The molecular weight excluding hydrogens is 1040 g/mol. The fourth-order valence-corrected chi connectivity index (χ4v) is 13.7. The first kappa shape index (κ1) is 56.0. The van der Waals surface area contributed by atoms with Crippen molar-refractivity contribution in [2.75, 3.05) is 95.5 Å². The van der Waals surface area contributed by atoms with Crippen LogP contribution in [0.1, 0.15) is 87.4 Å². The Morgan fingerprint density at radius 2 is 1.58 bits per heavy atom. The van der Waals surface area contributed by atoms with Crippen LogP contribution in [0.2, 0.25) is 0 Å². The number of carbonyl (C=O) groups is 3. The third kappa shape index (κ3) is 12.8. The van der Waals surface area contributed by atoms with Crippen molar-refractivity contribution in [3.05, 3.63) is 107 Å². The molecular formula is C63H78N10O7S. The van der Waals surface area contributed by atoms with Crippen molar-refractivity contribution in [3.63, 3.8) is 0 Å². The molecule has 4 aromatic carbocycles. The van der Waals surface area contributed by atoms with Crippen LogP contribution in [0.15, 0.2) is 90.8 Å². The first-order chi connectivity index (χ1) is 39.5. The van der Waals surface area contributed by atoms with Crippen LogP contribution in [0, 0.1) is 5.92 Å². The molecule has 17 nitrogen and oxygen atoms in total. The smallest absolute Gasteiger partial charge is 0.318 e. The van der Waals surface area contributed by atoms with E-state index in [2.05, 4.69) is 74.5 Å². The Morgan fingerprint density at radius 3 is 2.36 bits per heavy atom. The third-order valence-electron chi connectivity index (χ3n) is 17.3. The summed E-state index contributed by atoms with van der Waals surface area (Å²) in [5, 5.41) is 24.3. The molecule has 81 heavy (non-hydrogen) atoms. The molecule has 0 bridgehead atoms. The number of piperazine rings is 1. The lowest BCUT2D eigenvalue weighted by Crippen LogP contribution is -2.55. The molecule has 6 aromatic rings. The summed E-state index contributed by atoms with van der Waals surface area (Å²) in [6, 6.07) is 23.7. The molecule has 4 fully saturated rings. The molecule has 1 aliphatic carbocycles. The average molecular weight is 1120 g/mol. The summed E-state index contributed by atoms with van der Waals surface area (Å²) in [7, 11) is 1.77. The topological polar surface area (TPSA) is 178 Å². The Bertz CT molecular complexity index is 3210. The van der Waals surface area contributed by atoms with Crippen LogP contribution in [0.3, 0.4) is 0 Å². The van der Waals surface area contributed by atoms with Crippen LogP contribution < -0.4 is 29.9 Å². The van der Waals surface area contributed by atoms with E-state index in [4.69, 9.17) is 29.2 Å². The number of rotatable bonds is 19. The molecule has 3 amide bonds. The molecule has 4 aliphatic heterocycles. The number of hydrogen-bond acceptors (Lipinski definition) is 15. The van der Waals surface area contributed by atoms with Gasteiger partial charge in [-0.1, -0.05) is 80.4 Å². The predicted octanol–water partition coefficient (Wildman–Crippen LogP) is 8.33. The van der Waals surface area contributed by atoms with Gasteiger partial charge >= 0.3 is 6.01 Å². The van der Waals surface area contributed by atoms with Crippen molar-refractivity contribution in [2.45, 2.75) is 108 Å². The van der Waals surface area contributed by atoms with Crippen molar-refractivity contribution in [1.82, 2.24) is 40.3 Å². The van der Waals surface area contributed by atoms with Crippen molar-refractivity contribution < 1.29 is 33.7 Å². The van der Waals surface area contributed by atoms with Gasteiger partial charge in [-0.05, 0) is 99.7 Å². The lowest BCUT2D eigenvalue weighted by atomic mass is 9.83. The standard InChI is InChI=1S/C63H78N10O7S/c1-5-56(75)70-29-31-71(32-30-70)59-51-24-28-72(54-36-47(74)35-45-16-10-11-17-49(45)54)39-52(51)66-63(68-59)80-41(2)37-69-25-22-48(23-26-69)78-33-34-79-55-20-19-43-13-9-12-18-50(43)57(55)53-40-81-61(65-53)46-21-27-73(38-46)62(77)58(44-14-7-6-8-15-44)67-60(76)42(3)64-4/h5,9-13,16-20,35-36,40-42,44,46,48,58,64,74H,1,6-8,14-15,21-34,37-39H2,2-4H3,(H,67,76)/t41?,42?,46?,58-/m0/s1. The van der Waals surface area contributed by atoms with Crippen molar-refractivity contribution in [2.24, 2.45) is 5.92 Å². The van der Waals surface area contributed by atoms with Crippen LogP contribution in [0.5, 0.6) is 17.5 Å². The normalized spacial score (nSPS) is 19.6. The minimum atomic E-state index is -0.508. The maximum absolute atomic E-state index is 14.2. The highest BCUT2D eigenvalue weighted by atomic mass is 32.1. The highest BCUT2D eigenvalue weighted by Gasteiger charge is 2.39. The number of phenolic OH excluding ortho intramolecular Hbond substituents is 1. The number of ether oxygens (including phenoxy) is 3. The van der Waals surface area contributed by atoms with E-state index in [0.717, 1.165) is 137 Å². The molecule has 6 heterocycles. The predicted molar refractivity (Wildman–Crippen MR) is 318 cm³/mol. The van der Waals surface area contributed by atoms with Crippen LogP contribution >= 0.6 is 11.3 Å². The average Bonchev–Trinajstić information content (AvgIpc) is 4.39. The summed E-state index contributed by atoms with van der Waals surface area (Å²) in [6.45, 7) is 15.9. The zero-order valence-electron chi connectivity index (χ0n) is 47.2. The Labute approximate surface area is 479 Å². The van der Waals surface area contributed by atoms with Gasteiger partial charge in [0.05, 0.1) is 47.3 Å². The molecule has 1 saturated carbocycles. The molecule has 428 valence electrons. The number of thiazole rings is 1. The summed E-state index contributed by atoms with van der Waals surface area (Å²) < 4.78 is 19.7. The van der Waals surface area contributed by atoms with E-state index < -0.39 is 6.04 Å². The summed E-state index contributed by atoms with van der Waals surface area (Å²) in [4.78, 5) is 66.0. The summed E-state index contributed by atoms with van der Waals surface area (Å²) in [5.41, 5.74) is 4.81. The Balaban J connectivity index is 0.691. The van der Waals surface area contributed by atoms with Crippen molar-refractivity contribution in [1.29, 1.82) is 0 Å². The van der Waals surface area contributed by atoms with Crippen molar-refractivity contribution >= 4 is 62.1 Å². The highest BCUT2D eigenvalue weighted by molar-refractivity contribution is 7.10. The van der Waals surface area contributed by atoms with E-state index in [0.29, 0.717) is 71.6 Å². The first-order valence-corrected chi connectivity index (χ1v) is 30.3. The molecule has 11 rings (SSSR count). The molecule has 0 spiro atoms. The number of anilines is 2. The van der Waals surface area contributed by atoms with E-state index in [1.165, 1.54) is 12.5 Å². The molecule has 18 heteroatoms. The lowest BCUT2D eigenvalue weighted by molar-refractivity contribution is -0.138. The Morgan fingerprint density at radius 1 is 0.815 bits per heavy atom. The maximum atomic E-state index is 14.2. The monoisotopic (exact) mass is 1120 g/mol. The van der Waals surface area contributed by atoms with Gasteiger partial charge in [-0.15, -0.1) is 11.3 Å². The number of phenols is 1. The van der Waals surface area contributed by atoms with Crippen LogP contribution in [-0.4, -0.2) is 162 Å². The molecule has 3 N–H and O–H groups in total. The third-order valence-corrected chi connectivity index (χ3v) is 18.3. The number of likely N-dealkylation sites (N-methyl/N-ethyl adjacent to an activating group) is 1. The summed E-state index contributed by atoms with van der Waals surface area (Å²) >= 11 is 1.64. The molecule has 3 saturated heterocycles. The Hall–Kier alpha value is -6.86. The van der Waals surface area contributed by atoms with Gasteiger partial charge in [0.25, 0.3) is 0 Å². The van der Waals surface area contributed by atoms with Gasteiger partial charge in [0.2, 0.25) is 17.7 Å². The van der Waals surface area contributed by atoms with Gasteiger partial charge in [-0.3, -0.25) is 19.3 Å². The fourth-order valence-electron chi connectivity index (χ4n) is 12.8. The van der Waals surface area contributed by atoms with E-state index in [1.54, 1.807) is 24.5 Å². The van der Waals surface area contributed by atoms with Gasteiger partial charge in [-0.25, -0.2) is 4.98 Å². The van der Waals surface area contributed by atoms with Gasteiger partial charge in [0.1, 0.15) is 36.1 Å². The number of nitrogens with zero attached hydrogens (tertiary/aromatic N) is 8. The second kappa shape index (κ2) is 25.5. The van der Waals surface area contributed by atoms with Gasteiger partial charge < -0.3 is 49.6 Å². The van der Waals surface area contributed by atoms with Gasteiger partial charge in [-0.2, -0.15) is 9.97 Å². The zero-order chi connectivity index (χ0) is 56.0. The molecule has 2 aromatic heterocycles. The minimum Gasteiger partial charge on any atom is -0.508 e. The molecule has 5 aliphatic rings. The van der Waals surface area contributed by atoms with Crippen molar-refractivity contribution in [3.8, 4) is 28.8 Å². The number of benzene rings is 4. The second-order valence-electron chi connectivity index (χ2n) is 22.7.